The van der Waals surface area contributed by atoms with E-state index in [0.717, 1.165) is 0 Å². The molecule has 0 bridgehead atoms. The molecule has 19 heavy (non-hydrogen) atoms. The maximum absolute atomic E-state index is 12.0. The maximum Gasteiger partial charge on any atom is 0.240 e. The van der Waals surface area contributed by atoms with Gasteiger partial charge in [0.2, 0.25) is 10.0 Å². The van der Waals surface area contributed by atoms with Crippen LogP contribution in [-0.4, -0.2) is 24.9 Å². The SMILES string of the molecule is N#Cc1cccc(S(=O)(=O)NCCc2ncc[nH]2)c1. The lowest BCUT2D eigenvalue weighted by Crippen LogP contribution is -2.26. The minimum absolute atomic E-state index is 0.0889. The number of aromatic nitrogens is 2. The summed E-state index contributed by atoms with van der Waals surface area (Å²) in [5, 5.41) is 8.75. The average molecular weight is 276 g/mol. The predicted octanol–water partition coefficient (Wildman–Crippen LogP) is 0.802. The predicted molar refractivity (Wildman–Crippen MR) is 68.6 cm³/mol. The fourth-order valence-electron chi connectivity index (χ4n) is 1.55. The Kier molecular flexibility index (Phi) is 3.94. The minimum Gasteiger partial charge on any atom is -0.349 e. The number of H-pyrrole nitrogens is 1. The molecule has 0 amide bonds. The molecule has 0 aliphatic heterocycles. The van der Waals surface area contributed by atoms with Crippen molar-refractivity contribution in [3.8, 4) is 6.07 Å². The van der Waals surface area contributed by atoms with Gasteiger partial charge in [0.05, 0.1) is 16.5 Å². The molecule has 7 heteroatoms. The number of hydrogen-bond acceptors (Lipinski definition) is 4. The van der Waals surface area contributed by atoms with E-state index in [0.29, 0.717) is 17.8 Å². The molecule has 0 spiro atoms. The summed E-state index contributed by atoms with van der Waals surface area (Å²) in [6, 6.07) is 7.81. The number of hydrogen-bond donors (Lipinski definition) is 2. The average Bonchev–Trinajstić information content (AvgIpc) is 2.92. The van der Waals surface area contributed by atoms with Crippen LogP contribution >= 0.6 is 0 Å². The molecular formula is C12H12N4O2S. The zero-order valence-electron chi connectivity index (χ0n) is 10.00. The van der Waals surface area contributed by atoms with Gasteiger partial charge in [-0.25, -0.2) is 18.1 Å². The Bertz CT molecular complexity index is 687. The molecule has 1 aromatic carbocycles. The summed E-state index contributed by atoms with van der Waals surface area (Å²) in [7, 11) is -3.59. The zero-order valence-corrected chi connectivity index (χ0v) is 10.8. The number of aromatic amines is 1. The fraction of sp³-hybridized carbons (Fsp3) is 0.167. The van der Waals surface area contributed by atoms with Crippen molar-refractivity contribution in [2.24, 2.45) is 0 Å². The molecular weight excluding hydrogens is 264 g/mol. The standard InChI is InChI=1S/C12H12N4O2S/c13-9-10-2-1-3-11(8-10)19(17,18)16-5-4-12-14-6-7-15-12/h1-3,6-8,16H,4-5H2,(H,14,15). The number of nitriles is 1. The van der Waals surface area contributed by atoms with Gasteiger partial charge in [0.1, 0.15) is 5.82 Å². The molecule has 2 N–H and O–H groups in total. The number of rotatable bonds is 5. The van der Waals surface area contributed by atoms with Crippen molar-refractivity contribution < 1.29 is 8.42 Å². The summed E-state index contributed by atoms with van der Waals surface area (Å²) in [5.74, 6) is 0.716. The topological polar surface area (TPSA) is 98.6 Å². The summed E-state index contributed by atoms with van der Waals surface area (Å²) in [5.41, 5.74) is 0.314. The minimum atomic E-state index is -3.59. The van der Waals surface area contributed by atoms with E-state index in [1.54, 1.807) is 24.5 Å². The van der Waals surface area contributed by atoms with Gasteiger partial charge in [-0.2, -0.15) is 5.26 Å². The van der Waals surface area contributed by atoms with E-state index in [4.69, 9.17) is 5.26 Å². The quantitative estimate of drug-likeness (QED) is 0.843. The molecule has 98 valence electrons. The Morgan fingerprint density at radius 3 is 2.95 bits per heavy atom. The van der Waals surface area contributed by atoms with Gasteiger partial charge in [-0.15, -0.1) is 0 Å². The third-order valence-electron chi connectivity index (χ3n) is 2.48. The van der Waals surface area contributed by atoms with Gasteiger partial charge in [0.25, 0.3) is 0 Å². The van der Waals surface area contributed by atoms with Crippen LogP contribution in [0, 0.1) is 11.3 Å². The summed E-state index contributed by atoms with van der Waals surface area (Å²) in [6.07, 6.45) is 3.77. The maximum atomic E-state index is 12.0. The van der Waals surface area contributed by atoms with Crippen molar-refractivity contribution in [3.05, 3.63) is 48.0 Å². The molecule has 1 aromatic heterocycles. The van der Waals surface area contributed by atoms with Gasteiger partial charge in [-0.05, 0) is 18.2 Å². The molecule has 2 aromatic rings. The summed E-state index contributed by atoms with van der Waals surface area (Å²) in [4.78, 5) is 6.98. The second kappa shape index (κ2) is 5.65. The largest absolute Gasteiger partial charge is 0.349 e. The molecule has 0 atom stereocenters. The first-order valence-corrected chi connectivity index (χ1v) is 7.08. The van der Waals surface area contributed by atoms with Crippen LogP contribution in [0.25, 0.3) is 0 Å². The second-order valence-corrected chi connectivity index (χ2v) is 5.59. The molecule has 0 aliphatic rings. The summed E-state index contributed by atoms with van der Waals surface area (Å²) < 4.78 is 26.4. The third kappa shape index (κ3) is 3.40. The Morgan fingerprint density at radius 2 is 2.26 bits per heavy atom. The fourth-order valence-corrected chi connectivity index (χ4v) is 2.63. The van der Waals surface area contributed by atoms with Crippen molar-refractivity contribution in [1.82, 2.24) is 14.7 Å². The molecule has 0 saturated carbocycles. The van der Waals surface area contributed by atoms with Gasteiger partial charge >= 0.3 is 0 Å². The van der Waals surface area contributed by atoms with Crippen LogP contribution in [0.5, 0.6) is 0 Å². The highest BCUT2D eigenvalue weighted by molar-refractivity contribution is 7.89. The van der Waals surface area contributed by atoms with Crippen LogP contribution in [0.4, 0.5) is 0 Å². The first kappa shape index (κ1) is 13.3. The van der Waals surface area contributed by atoms with Crippen LogP contribution < -0.4 is 4.72 Å². The number of nitrogens with one attached hydrogen (secondary N) is 2. The van der Waals surface area contributed by atoms with Crippen molar-refractivity contribution in [3.63, 3.8) is 0 Å². The highest BCUT2D eigenvalue weighted by Gasteiger charge is 2.13. The van der Waals surface area contributed by atoms with E-state index in [9.17, 15) is 8.42 Å². The van der Waals surface area contributed by atoms with Gasteiger partial charge in [-0.1, -0.05) is 6.07 Å². The first-order chi connectivity index (χ1) is 9.12. The zero-order chi connectivity index (χ0) is 13.7. The number of benzene rings is 1. The van der Waals surface area contributed by atoms with Crippen molar-refractivity contribution >= 4 is 10.0 Å². The lowest BCUT2D eigenvalue weighted by Gasteiger charge is -2.06. The first-order valence-electron chi connectivity index (χ1n) is 5.60. The molecule has 0 radical (unpaired) electrons. The molecule has 0 unspecified atom stereocenters. The van der Waals surface area contributed by atoms with E-state index >= 15 is 0 Å². The van der Waals surface area contributed by atoms with E-state index in [1.165, 1.54) is 12.1 Å². The lowest BCUT2D eigenvalue weighted by molar-refractivity contribution is 0.581. The van der Waals surface area contributed by atoms with Crippen molar-refractivity contribution in [1.29, 1.82) is 5.26 Å². The Balaban J connectivity index is 2.03. The Labute approximate surface area is 111 Å². The van der Waals surface area contributed by atoms with E-state index in [1.807, 2.05) is 6.07 Å². The Hall–Kier alpha value is -2.17. The van der Waals surface area contributed by atoms with Crippen LogP contribution in [-0.2, 0) is 16.4 Å². The highest BCUT2D eigenvalue weighted by Crippen LogP contribution is 2.10. The molecule has 0 saturated heterocycles. The number of imidazole rings is 1. The van der Waals surface area contributed by atoms with E-state index in [2.05, 4.69) is 14.7 Å². The smallest absolute Gasteiger partial charge is 0.240 e. The van der Waals surface area contributed by atoms with Crippen molar-refractivity contribution in [2.75, 3.05) is 6.54 Å². The third-order valence-corrected chi connectivity index (χ3v) is 3.94. The van der Waals surface area contributed by atoms with Gasteiger partial charge in [0.15, 0.2) is 0 Å². The molecule has 6 nitrogen and oxygen atoms in total. The molecule has 0 aliphatic carbocycles. The van der Waals surface area contributed by atoms with Crippen LogP contribution in [0.15, 0.2) is 41.6 Å². The van der Waals surface area contributed by atoms with Crippen molar-refractivity contribution in [2.45, 2.75) is 11.3 Å². The number of nitrogens with zero attached hydrogens (tertiary/aromatic N) is 2. The van der Waals surface area contributed by atoms with E-state index in [-0.39, 0.29) is 11.4 Å². The molecule has 0 fully saturated rings. The highest BCUT2D eigenvalue weighted by atomic mass is 32.2. The monoisotopic (exact) mass is 276 g/mol. The normalized spacial score (nSPS) is 11.1. The Morgan fingerprint density at radius 1 is 1.42 bits per heavy atom. The lowest BCUT2D eigenvalue weighted by atomic mass is 10.2. The summed E-state index contributed by atoms with van der Waals surface area (Å²) in [6.45, 7) is 0.243. The number of sulfonamides is 1. The van der Waals surface area contributed by atoms with Gasteiger partial charge < -0.3 is 4.98 Å². The summed E-state index contributed by atoms with van der Waals surface area (Å²) >= 11 is 0. The van der Waals surface area contributed by atoms with Crippen LogP contribution in [0.3, 0.4) is 0 Å². The van der Waals surface area contributed by atoms with Crippen LogP contribution in [0.2, 0.25) is 0 Å². The van der Waals surface area contributed by atoms with E-state index < -0.39 is 10.0 Å². The van der Waals surface area contributed by atoms with Crippen LogP contribution in [0.1, 0.15) is 11.4 Å². The van der Waals surface area contributed by atoms with Gasteiger partial charge in [-0.3, -0.25) is 0 Å². The van der Waals surface area contributed by atoms with Gasteiger partial charge in [0, 0.05) is 25.4 Å². The second-order valence-electron chi connectivity index (χ2n) is 3.82. The molecule has 1 heterocycles. The molecule has 2 rings (SSSR count).